The van der Waals surface area contributed by atoms with E-state index < -0.39 is 5.60 Å². The highest BCUT2D eigenvalue weighted by Crippen LogP contribution is 2.49. The van der Waals surface area contributed by atoms with Crippen molar-refractivity contribution in [2.45, 2.75) is 102 Å². The lowest BCUT2D eigenvalue weighted by Gasteiger charge is -2.39. The Hall–Kier alpha value is -1.44. The number of likely N-dealkylation sites (tertiary alicyclic amines) is 1. The molecule has 174 valence electrons. The molecular weight excluding hydrogens is 394 g/mol. The summed E-state index contributed by atoms with van der Waals surface area (Å²) in [6, 6.07) is 1.89. The minimum atomic E-state index is -0.834. The number of carbonyl (C=O) groups excluding carboxylic acids is 1. The molecule has 0 bridgehead atoms. The maximum atomic E-state index is 13.0. The van der Waals surface area contributed by atoms with Crippen LogP contribution in [0.1, 0.15) is 89.8 Å². The van der Waals surface area contributed by atoms with E-state index in [0.29, 0.717) is 5.69 Å². The van der Waals surface area contributed by atoms with Crippen molar-refractivity contribution in [3.63, 3.8) is 0 Å². The van der Waals surface area contributed by atoms with E-state index in [1.165, 1.54) is 0 Å². The fourth-order valence-corrected chi connectivity index (χ4v) is 5.29. The number of nitrogens with zero attached hydrogens (tertiary/aromatic N) is 2. The molecule has 0 radical (unpaired) electrons. The molecule has 0 aliphatic carbocycles. The van der Waals surface area contributed by atoms with Crippen LogP contribution in [-0.4, -0.2) is 69.2 Å². The van der Waals surface area contributed by atoms with Crippen LogP contribution in [0.4, 0.5) is 0 Å². The third-order valence-corrected chi connectivity index (χ3v) is 7.71. The van der Waals surface area contributed by atoms with Gasteiger partial charge in [0.25, 0.3) is 5.91 Å². The zero-order chi connectivity index (χ0) is 22.7. The predicted octanol–water partition coefficient (Wildman–Crippen LogP) is 3.43. The monoisotopic (exact) mass is 433 g/mol. The van der Waals surface area contributed by atoms with Crippen LogP contribution in [-0.2, 0) is 14.9 Å². The number of aromatic amines is 1. The molecule has 1 spiro atoms. The molecule has 7 heteroatoms. The predicted molar refractivity (Wildman–Crippen MR) is 118 cm³/mol. The lowest BCUT2D eigenvalue weighted by Crippen LogP contribution is -2.45. The van der Waals surface area contributed by atoms with Crippen LogP contribution in [0.15, 0.2) is 6.07 Å². The highest BCUT2D eigenvalue weighted by atomic mass is 16.6. The highest BCUT2D eigenvalue weighted by molar-refractivity contribution is 5.92. The van der Waals surface area contributed by atoms with Crippen molar-refractivity contribution < 1.29 is 19.4 Å². The minimum absolute atomic E-state index is 0.0103. The van der Waals surface area contributed by atoms with Gasteiger partial charge in [0, 0.05) is 24.2 Å². The SMILES string of the molecule is CC(C)(C)c1cc(C(=O)N2CCC3(CC2)CO[C@H]([C@@]2(C)CC[C@@H](C(C)(C)O)O2)C3)n[nH]1. The number of aromatic nitrogens is 2. The van der Waals surface area contributed by atoms with Gasteiger partial charge < -0.3 is 19.5 Å². The maximum Gasteiger partial charge on any atom is 0.274 e. The topological polar surface area (TPSA) is 87.7 Å². The van der Waals surface area contributed by atoms with E-state index in [1.54, 1.807) is 0 Å². The van der Waals surface area contributed by atoms with Crippen molar-refractivity contribution in [2.75, 3.05) is 19.7 Å². The average molecular weight is 434 g/mol. The Morgan fingerprint density at radius 2 is 1.90 bits per heavy atom. The molecule has 3 aliphatic heterocycles. The summed E-state index contributed by atoms with van der Waals surface area (Å²) in [5.41, 5.74) is 0.355. The lowest BCUT2D eigenvalue weighted by molar-refractivity contribution is -0.155. The quantitative estimate of drug-likeness (QED) is 0.763. The van der Waals surface area contributed by atoms with Crippen molar-refractivity contribution >= 4 is 5.91 Å². The van der Waals surface area contributed by atoms with Crippen LogP contribution in [0.2, 0.25) is 0 Å². The average Bonchev–Trinajstić information content (AvgIpc) is 3.40. The zero-order valence-electron chi connectivity index (χ0n) is 20.0. The van der Waals surface area contributed by atoms with Gasteiger partial charge in [-0.15, -0.1) is 0 Å². The Morgan fingerprint density at radius 1 is 1.23 bits per heavy atom. The number of piperidine rings is 1. The molecular formula is C24H39N3O4. The van der Waals surface area contributed by atoms with Crippen LogP contribution < -0.4 is 0 Å². The third kappa shape index (κ3) is 4.41. The fourth-order valence-electron chi connectivity index (χ4n) is 5.29. The molecule has 4 rings (SSSR count). The van der Waals surface area contributed by atoms with Gasteiger partial charge in [-0.1, -0.05) is 20.8 Å². The number of nitrogens with one attached hydrogen (secondary N) is 1. The van der Waals surface area contributed by atoms with E-state index in [0.717, 1.165) is 57.5 Å². The van der Waals surface area contributed by atoms with Gasteiger partial charge in [0.1, 0.15) is 5.69 Å². The molecule has 7 nitrogen and oxygen atoms in total. The first kappa shape index (κ1) is 22.7. The van der Waals surface area contributed by atoms with Crippen LogP contribution in [0.3, 0.4) is 0 Å². The first-order valence-corrected chi connectivity index (χ1v) is 11.7. The Morgan fingerprint density at radius 3 is 2.45 bits per heavy atom. The number of aliphatic hydroxyl groups is 1. The molecule has 1 aromatic rings. The summed E-state index contributed by atoms with van der Waals surface area (Å²) in [4.78, 5) is 14.9. The van der Waals surface area contributed by atoms with Gasteiger partial charge in [0.05, 0.1) is 30.0 Å². The van der Waals surface area contributed by atoms with E-state index in [9.17, 15) is 9.90 Å². The number of H-pyrrole nitrogens is 1. The highest BCUT2D eigenvalue weighted by Gasteiger charge is 2.53. The molecule has 1 amide bonds. The summed E-state index contributed by atoms with van der Waals surface area (Å²) in [7, 11) is 0. The van der Waals surface area contributed by atoms with Gasteiger partial charge in [-0.05, 0) is 64.4 Å². The summed E-state index contributed by atoms with van der Waals surface area (Å²) in [5, 5.41) is 17.6. The smallest absolute Gasteiger partial charge is 0.274 e. The number of hydrogen-bond acceptors (Lipinski definition) is 5. The molecule has 4 heterocycles. The normalized spacial score (nSPS) is 31.5. The van der Waals surface area contributed by atoms with Gasteiger partial charge in [-0.25, -0.2) is 0 Å². The van der Waals surface area contributed by atoms with Crippen LogP contribution in [0.5, 0.6) is 0 Å². The second kappa shape index (κ2) is 7.56. The molecule has 3 saturated heterocycles. The van der Waals surface area contributed by atoms with Gasteiger partial charge in [0.2, 0.25) is 0 Å². The van der Waals surface area contributed by atoms with Gasteiger partial charge in [-0.2, -0.15) is 5.10 Å². The molecule has 0 aromatic carbocycles. The summed E-state index contributed by atoms with van der Waals surface area (Å²) < 4.78 is 12.6. The number of ether oxygens (including phenoxy) is 2. The van der Waals surface area contributed by atoms with Crippen LogP contribution >= 0.6 is 0 Å². The van der Waals surface area contributed by atoms with Crippen molar-refractivity contribution in [3.05, 3.63) is 17.5 Å². The number of carbonyl (C=O) groups is 1. The van der Waals surface area contributed by atoms with Crippen molar-refractivity contribution in [1.82, 2.24) is 15.1 Å². The lowest BCUT2D eigenvalue weighted by atomic mass is 9.74. The summed E-state index contributed by atoms with van der Waals surface area (Å²) in [6.45, 7) is 14.3. The molecule has 3 fully saturated rings. The fraction of sp³-hybridized carbons (Fsp3) is 0.833. The molecule has 0 saturated carbocycles. The van der Waals surface area contributed by atoms with Gasteiger partial charge >= 0.3 is 0 Å². The first-order valence-electron chi connectivity index (χ1n) is 11.7. The molecule has 1 aromatic heterocycles. The second-order valence-electron chi connectivity index (χ2n) is 11.8. The largest absolute Gasteiger partial charge is 0.388 e. The van der Waals surface area contributed by atoms with Gasteiger partial charge in [0.15, 0.2) is 0 Å². The summed E-state index contributed by atoms with van der Waals surface area (Å²) in [5.74, 6) is 0.0103. The maximum absolute atomic E-state index is 13.0. The number of hydrogen-bond donors (Lipinski definition) is 2. The molecule has 0 unspecified atom stereocenters. The summed E-state index contributed by atoms with van der Waals surface area (Å²) in [6.07, 6.45) is 4.50. The molecule has 3 aliphatic rings. The van der Waals surface area contributed by atoms with Crippen molar-refractivity contribution in [1.29, 1.82) is 0 Å². The number of rotatable bonds is 3. The van der Waals surface area contributed by atoms with E-state index in [4.69, 9.17) is 9.47 Å². The van der Waals surface area contributed by atoms with E-state index in [2.05, 4.69) is 37.9 Å². The molecule has 3 atom stereocenters. The summed E-state index contributed by atoms with van der Waals surface area (Å²) >= 11 is 0. The molecule has 2 N–H and O–H groups in total. The Balaban J connectivity index is 1.35. The van der Waals surface area contributed by atoms with E-state index in [1.807, 2.05) is 24.8 Å². The van der Waals surface area contributed by atoms with Crippen molar-refractivity contribution in [3.8, 4) is 0 Å². The van der Waals surface area contributed by atoms with Crippen molar-refractivity contribution in [2.24, 2.45) is 5.41 Å². The Bertz CT molecular complexity index is 814. The zero-order valence-corrected chi connectivity index (χ0v) is 20.0. The number of amides is 1. The van der Waals surface area contributed by atoms with Gasteiger partial charge in [-0.3, -0.25) is 9.89 Å². The third-order valence-electron chi connectivity index (χ3n) is 7.71. The molecule has 31 heavy (non-hydrogen) atoms. The first-order chi connectivity index (χ1) is 14.3. The Labute approximate surface area is 185 Å². The minimum Gasteiger partial charge on any atom is -0.388 e. The van der Waals surface area contributed by atoms with Crippen LogP contribution in [0, 0.1) is 5.41 Å². The second-order valence-corrected chi connectivity index (χ2v) is 11.8. The van der Waals surface area contributed by atoms with Crippen LogP contribution in [0.25, 0.3) is 0 Å². The van der Waals surface area contributed by atoms with E-state index in [-0.39, 0.29) is 34.5 Å². The Kier molecular flexibility index (Phi) is 5.55. The standard InChI is InChI=1S/C24H39N3O4/c1-21(2,3)17-13-16(25-26-17)20(28)27-11-9-24(10-12-27)14-19(30-15-24)23(6)8-7-18(31-23)22(4,5)29/h13,18-19,29H,7-12,14-15H2,1-6H3,(H,25,26)/t18-,19-,23+/m0/s1. The van der Waals surface area contributed by atoms with E-state index >= 15 is 0 Å².